The first kappa shape index (κ1) is 15.1. The van der Waals surface area contributed by atoms with Crippen molar-refractivity contribution in [3.8, 4) is 0 Å². The van der Waals surface area contributed by atoms with Gasteiger partial charge >= 0.3 is 0 Å². The summed E-state index contributed by atoms with van der Waals surface area (Å²) in [5.41, 5.74) is 0.516. The van der Waals surface area contributed by atoms with Gasteiger partial charge in [0.15, 0.2) is 0 Å². The van der Waals surface area contributed by atoms with Gasteiger partial charge < -0.3 is 10.2 Å². The Labute approximate surface area is 135 Å². The smallest absolute Gasteiger partial charge is 0.255 e. The third-order valence-corrected chi connectivity index (χ3v) is 4.79. The molecule has 1 aliphatic carbocycles. The largest absolute Gasteiger partial charge is 0.337 e. The predicted molar refractivity (Wildman–Crippen MR) is 86.1 cm³/mol. The third kappa shape index (κ3) is 3.91. The minimum atomic E-state index is 0.00287. The van der Waals surface area contributed by atoms with Gasteiger partial charge in [-0.15, -0.1) is 0 Å². The zero-order valence-corrected chi connectivity index (χ0v) is 13.5. The highest BCUT2D eigenvalue weighted by molar-refractivity contribution is 6.35. The Morgan fingerprint density at radius 3 is 2.71 bits per heavy atom. The van der Waals surface area contributed by atoms with Crippen molar-refractivity contribution in [1.82, 2.24) is 10.2 Å². The van der Waals surface area contributed by atoms with Crippen LogP contribution < -0.4 is 5.32 Å². The van der Waals surface area contributed by atoms with Gasteiger partial charge in [-0.05, 0) is 56.3 Å². The highest BCUT2D eigenvalue weighted by Gasteiger charge is 2.30. The molecule has 1 saturated carbocycles. The highest BCUT2D eigenvalue weighted by atomic mass is 35.5. The van der Waals surface area contributed by atoms with Crippen LogP contribution in [0.4, 0.5) is 0 Å². The summed E-state index contributed by atoms with van der Waals surface area (Å²) in [4.78, 5) is 14.8. The van der Waals surface area contributed by atoms with Crippen molar-refractivity contribution >= 4 is 29.1 Å². The summed E-state index contributed by atoms with van der Waals surface area (Å²) in [6, 6.07) is 5.49. The van der Waals surface area contributed by atoms with Gasteiger partial charge in [0.1, 0.15) is 0 Å². The molecule has 3 rings (SSSR count). The molecule has 21 heavy (non-hydrogen) atoms. The Balaban J connectivity index is 1.76. The van der Waals surface area contributed by atoms with Crippen molar-refractivity contribution in [2.75, 3.05) is 19.6 Å². The monoisotopic (exact) mass is 326 g/mol. The van der Waals surface area contributed by atoms with E-state index < -0.39 is 0 Å². The summed E-state index contributed by atoms with van der Waals surface area (Å²) in [7, 11) is 0. The van der Waals surface area contributed by atoms with E-state index in [0.29, 0.717) is 27.6 Å². The summed E-state index contributed by atoms with van der Waals surface area (Å²) >= 11 is 12.2. The summed E-state index contributed by atoms with van der Waals surface area (Å²) < 4.78 is 0. The quantitative estimate of drug-likeness (QED) is 0.896. The minimum absolute atomic E-state index is 0.00287. The fraction of sp³-hybridized carbons (Fsp3) is 0.562. The first-order chi connectivity index (χ1) is 10.1. The molecular weight excluding hydrogens is 307 g/mol. The van der Waals surface area contributed by atoms with Crippen LogP contribution in [-0.2, 0) is 0 Å². The van der Waals surface area contributed by atoms with Gasteiger partial charge in [-0.1, -0.05) is 23.2 Å². The van der Waals surface area contributed by atoms with E-state index in [1.54, 1.807) is 18.2 Å². The molecule has 1 aliphatic heterocycles. The molecule has 0 aromatic heterocycles. The maximum Gasteiger partial charge on any atom is 0.255 e. The Kier molecular flexibility index (Phi) is 4.72. The second-order valence-corrected chi connectivity index (χ2v) is 6.91. The van der Waals surface area contributed by atoms with E-state index in [4.69, 9.17) is 23.2 Å². The van der Waals surface area contributed by atoms with Crippen molar-refractivity contribution in [3.05, 3.63) is 33.8 Å². The van der Waals surface area contributed by atoms with E-state index in [-0.39, 0.29) is 5.91 Å². The SMILES string of the molecule is O=C(c1cc(Cl)ccc1Cl)N(CC1CC1)CC1CCCN1. The lowest BCUT2D eigenvalue weighted by Gasteiger charge is -2.26. The Morgan fingerprint density at radius 2 is 2.05 bits per heavy atom. The number of carbonyl (C=O) groups is 1. The van der Waals surface area contributed by atoms with Crippen molar-refractivity contribution in [1.29, 1.82) is 0 Å². The van der Waals surface area contributed by atoms with Gasteiger partial charge in [0.05, 0.1) is 10.6 Å². The number of benzene rings is 1. The molecule has 3 nitrogen and oxygen atoms in total. The number of halogens is 2. The number of rotatable bonds is 5. The fourth-order valence-corrected chi connectivity index (χ4v) is 3.23. The standard InChI is InChI=1S/C16H20Cl2N2O/c17-12-5-6-15(18)14(8-12)16(21)20(9-11-3-4-11)10-13-2-1-7-19-13/h5-6,8,11,13,19H,1-4,7,9-10H2. The lowest BCUT2D eigenvalue weighted by molar-refractivity contribution is 0.0733. The van der Waals surface area contributed by atoms with Crippen molar-refractivity contribution < 1.29 is 4.79 Å². The zero-order chi connectivity index (χ0) is 14.8. The second-order valence-electron chi connectivity index (χ2n) is 6.07. The number of amides is 1. The summed E-state index contributed by atoms with van der Waals surface area (Å²) in [6.07, 6.45) is 4.78. The molecule has 0 bridgehead atoms. The van der Waals surface area contributed by atoms with Crippen LogP contribution in [0.15, 0.2) is 18.2 Å². The minimum Gasteiger partial charge on any atom is -0.337 e. The molecule has 1 heterocycles. The van der Waals surface area contributed by atoms with E-state index >= 15 is 0 Å². The molecule has 114 valence electrons. The van der Waals surface area contributed by atoms with Crippen molar-refractivity contribution in [2.24, 2.45) is 5.92 Å². The van der Waals surface area contributed by atoms with Gasteiger partial charge in [0.25, 0.3) is 5.91 Å². The van der Waals surface area contributed by atoms with Crippen LogP contribution >= 0.6 is 23.2 Å². The molecular formula is C16H20Cl2N2O. The van der Waals surface area contributed by atoms with E-state index in [1.807, 2.05) is 4.90 Å². The lowest BCUT2D eigenvalue weighted by atomic mass is 10.1. The molecule has 2 fully saturated rings. The second kappa shape index (κ2) is 6.55. The lowest BCUT2D eigenvalue weighted by Crippen LogP contribution is -2.42. The molecule has 0 spiro atoms. The maximum atomic E-state index is 12.8. The predicted octanol–water partition coefficient (Wildman–Crippen LogP) is 3.60. The summed E-state index contributed by atoms with van der Waals surface area (Å²) in [5, 5.41) is 4.49. The normalized spacial score (nSPS) is 21.5. The fourth-order valence-electron chi connectivity index (χ4n) is 2.86. The average Bonchev–Trinajstić information content (AvgIpc) is 3.13. The van der Waals surface area contributed by atoms with Crippen LogP contribution in [0.1, 0.15) is 36.0 Å². The van der Waals surface area contributed by atoms with Crippen LogP contribution in [0.25, 0.3) is 0 Å². The zero-order valence-electron chi connectivity index (χ0n) is 11.9. The number of hydrogen-bond acceptors (Lipinski definition) is 2. The number of nitrogens with one attached hydrogen (secondary N) is 1. The van der Waals surface area contributed by atoms with Gasteiger partial charge in [-0.3, -0.25) is 4.79 Å². The highest BCUT2D eigenvalue weighted by Crippen LogP contribution is 2.31. The number of hydrogen-bond donors (Lipinski definition) is 1. The number of carbonyl (C=O) groups excluding carboxylic acids is 1. The van der Waals surface area contributed by atoms with E-state index in [9.17, 15) is 4.79 Å². The Morgan fingerprint density at radius 1 is 1.24 bits per heavy atom. The van der Waals surface area contributed by atoms with Crippen LogP contribution in [-0.4, -0.2) is 36.5 Å². The number of nitrogens with zero attached hydrogens (tertiary/aromatic N) is 1. The van der Waals surface area contributed by atoms with Crippen molar-refractivity contribution in [3.63, 3.8) is 0 Å². The first-order valence-corrected chi connectivity index (χ1v) is 8.37. The summed E-state index contributed by atoms with van der Waals surface area (Å²) in [5.74, 6) is 0.663. The maximum absolute atomic E-state index is 12.8. The third-order valence-electron chi connectivity index (χ3n) is 4.22. The first-order valence-electron chi connectivity index (χ1n) is 7.61. The molecule has 5 heteroatoms. The molecule has 1 N–H and O–H groups in total. The van der Waals surface area contributed by atoms with E-state index in [2.05, 4.69) is 5.32 Å². The van der Waals surface area contributed by atoms with Crippen LogP contribution in [0, 0.1) is 5.92 Å². The van der Waals surface area contributed by atoms with Crippen LogP contribution in [0.5, 0.6) is 0 Å². The average molecular weight is 327 g/mol. The topological polar surface area (TPSA) is 32.3 Å². The molecule has 2 aliphatic rings. The van der Waals surface area contributed by atoms with Crippen LogP contribution in [0.2, 0.25) is 10.0 Å². The van der Waals surface area contributed by atoms with E-state index in [1.165, 1.54) is 19.3 Å². The Bertz CT molecular complexity index is 525. The van der Waals surface area contributed by atoms with Gasteiger partial charge in [-0.2, -0.15) is 0 Å². The van der Waals surface area contributed by atoms with Crippen LogP contribution in [0.3, 0.4) is 0 Å². The molecule has 1 amide bonds. The Hall–Kier alpha value is -0.770. The molecule has 1 saturated heterocycles. The van der Waals surface area contributed by atoms with Gasteiger partial charge in [-0.25, -0.2) is 0 Å². The molecule has 1 atom stereocenters. The van der Waals surface area contributed by atoms with Crippen molar-refractivity contribution in [2.45, 2.75) is 31.7 Å². The van der Waals surface area contributed by atoms with Gasteiger partial charge in [0, 0.05) is 24.2 Å². The molecule has 1 aromatic rings. The van der Waals surface area contributed by atoms with E-state index in [0.717, 1.165) is 26.1 Å². The molecule has 1 unspecified atom stereocenters. The molecule has 1 aromatic carbocycles. The molecule has 0 radical (unpaired) electrons. The summed E-state index contributed by atoms with van der Waals surface area (Å²) in [6.45, 7) is 2.64. The van der Waals surface area contributed by atoms with Gasteiger partial charge in [0.2, 0.25) is 0 Å².